The highest BCUT2D eigenvalue weighted by molar-refractivity contribution is 9.11. The van der Waals surface area contributed by atoms with E-state index in [-0.39, 0.29) is 17.7 Å². The van der Waals surface area contributed by atoms with Gasteiger partial charge in [-0.05, 0) is 68.8 Å². The third-order valence-electron chi connectivity index (χ3n) is 4.53. The largest absolute Gasteiger partial charge is 0.446 e. The molecule has 24 heavy (non-hydrogen) atoms. The fourth-order valence-corrected chi connectivity index (χ4v) is 4.75. The Morgan fingerprint density at radius 3 is 2.62 bits per heavy atom. The zero-order valence-corrected chi connectivity index (χ0v) is 16.9. The second-order valence-electron chi connectivity index (χ2n) is 7.88. The number of nitrogens with zero attached hydrogens (tertiary/aromatic N) is 1. The Morgan fingerprint density at radius 2 is 2.04 bits per heavy atom. The maximum atomic E-state index is 11.8. The van der Waals surface area contributed by atoms with Crippen molar-refractivity contribution in [3.8, 4) is 0 Å². The summed E-state index contributed by atoms with van der Waals surface area (Å²) >= 11 is 5.17. The number of aromatic nitrogens is 1. The summed E-state index contributed by atoms with van der Waals surface area (Å²) in [6, 6.07) is 1.13. The molecule has 5 nitrogen and oxygen atoms in total. The number of hydrogen-bond donors (Lipinski definition) is 2. The van der Waals surface area contributed by atoms with Crippen molar-refractivity contribution >= 4 is 33.4 Å². The summed E-state index contributed by atoms with van der Waals surface area (Å²) in [5.74, 6) is 0.625. The Balaban J connectivity index is 1.36. The number of hydrogen-bond acceptors (Lipinski definition) is 5. The SMILES string of the molecule is CC(C)(C)NC(=O)OC1CCC(NC2CC2c2cnc(Br)s2)CC1. The van der Waals surface area contributed by atoms with Crippen LogP contribution in [0.25, 0.3) is 0 Å². The molecule has 2 atom stereocenters. The summed E-state index contributed by atoms with van der Waals surface area (Å²) < 4.78 is 6.51. The first-order chi connectivity index (χ1) is 11.3. The molecule has 2 N–H and O–H groups in total. The lowest BCUT2D eigenvalue weighted by Crippen LogP contribution is -2.43. The van der Waals surface area contributed by atoms with E-state index in [1.165, 1.54) is 11.3 Å². The van der Waals surface area contributed by atoms with E-state index >= 15 is 0 Å². The first-order valence-electron chi connectivity index (χ1n) is 8.66. The van der Waals surface area contributed by atoms with Crippen molar-refractivity contribution in [2.24, 2.45) is 0 Å². The Bertz CT molecular complexity index is 579. The van der Waals surface area contributed by atoms with Gasteiger partial charge in [0.25, 0.3) is 0 Å². The Morgan fingerprint density at radius 1 is 1.33 bits per heavy atom. The molecule has 0 spiro atoms. The maximum absolute atomic E-state index is 11.8. The summed E-state index contributed by atoms with van der Waals surface area (Å²) in [6.45, 7) is 5.88. The number of carbonyl (C=O) groups is 1. The minimum Gasteiger partial charge on any atom is -0.446 e. The summed E-state index contributed by atoms with van der Waals surface area (Å²) in [5.41, 5.74) is -0.248. The molecule has 2 aliphatic rings. The summed E-state index contributed by atoms with van der Waals surface area (Å²) in [7, 11) is 0. The molecule has 0 radical (unpaired) electrons. The molecule has 7 heteroatoms. The predicted molar refractivity (Wildman–Crippen MR) is 99.5 cm³/mol. The van der Waals surface area contributed by atoms with Crippen LogP contribution in [-0.2, 0) is 4.74 Å². The van der Waals surface area contributed by atoms with Crippen LogP contribution in [-0.4, -0.2) is 34.8 Å². The fraction of sp³-hybridized carbons (Fsp3) is 0.765. The van der Waals surface area contributed by atoms with E-state index in [1.54, 1.807) is 11.3 Å². The van der Waals surface area contributed by atoms with Gasteiger partial charge in [-0.25, -0.2) is 9.78 Å². The third-order valence-corrected chi connectivity index (χ3v) is 6.13. The van der Waals surface area contributed by atoms with Crippen molar-refractivity contribution in [3.05, 3.63) is 15.0 Å². The molecular weight excluding hydrogens is 390 g/mol. The van der Waals surface area contributed by atoms with Gasteiger partial charge >= 0.3 is 6.09 Å². The molecular formula is C17H26BrN3O2S. The minimum absolute atomic E-state index is 0.0536. The van der Waals surface area contributed by atoms with Crippen LogP contribution in [0.4, 0.5) is 4.79 Å². The van der Waals surface area contributed by atoms with Crippen molar-refractivity contribution in [1.29, 1.82) is 0 Å². The topological polar surface area (TPSA) is 63.2 Å². The number of nitrogens with one attached hydrogen (secondary N) is 2. The molecule has 2 fully saturated rings. The van der Waals surface area contributed by atoms with Crippen LogP contribution in [0.15, 0.2) is 10.1 Å². The number of amides is 1. The molecule has 134 valence electrons. The summed E-state index contributed by atoms with van der Waals surface area (Å²) in [5, 5.41) is 6.63. The quantitative estimate of drug-likeness (QED) is 0.773. The average Bonchev–Trinajstić information content (AvgIpc) is 3.10. The van der Waals surface area contributed by atoms with Gasteiger partial charge in [-0.15, -0.1) is 11.3 Å². The van der Waals surface area contributed by atoms with E-state index in [0.717, 1.165) is 29.6 Å². The molecule has 2 unspecified atom stereocenters. The smallest absolute Gasteiger partial charge is 0.407 e. The fourth-order valence-electron chi connectivity index (χ4n) is 3.27. The summed E-state index contributed by atoms with van der Waals surface area (Å²) in [4.78, 5) is 17.5. The molecule has 2 saturated carbocycles. The predicted octanol–water partition coefficient (Wildman–Crippen LogP) is 4.19. The lowest BCUT2D eigenvalue weighted by Gasteiger charge is -2.30. The van der Waals surface area contributed by atoms with Crippen LogP contribution in [0.2, 0.25) is 0 Å². The lowest BCUT2D eigenvalue weighted by molar-refractivity contribution is 0.0639. The van der Waals surface area contributed by atoms with Crippen LogP contribution >= 0.6 is 27.3 Å². The van der Waals surface area contributed by atoms with Gasteiger partial charge in [0, 0.05) is 34.6 Å². The van der Waals surface area contributed by atoms with Crippen LogP contribution in [0.5, 0.6) is 0 Å². The Hall–Kier alpha value is -0.660. The highest BCUT2D eigenvalue weighted by Gasteiger charge is 2.41. The molecule has 3 rings (SSSR count). The zero-order valence-electron chi connectivity index (χ0n) is 14.5. The van der Waals surface area contributed by atoms with Gasteiger partial charge in [-0.2, -0.15) is 0 Å². The minimum atomic E-state index is -0.295. The lowest BCUT2D eigenvalue weighted by atomic mass is 9.93. The van der Waals surface area contributed by atoms with E-state index < -0.39 is 0 Å². The van der Waals surface area contributed by atoms with E-state index in [4.69, 9.17) is 4.74 Å². The molecule has 1 aromatic rings. The molecule has 1 heterocycles. The van der Waals surface area contributed by atoms with E-state index in [9.17, 15) is 4.79 Å². The van der Waals surface area contributed by atoms with Crippen LogP contribution in [0, 0.1) is 0 Å². The number of thiazole rings is 1. The molecule has 0 aliphatic heterocycles. The number of rotatable bonds is 4. The second-order valence-corrected chi connectivity index (χ2v) is 10.2. The molecule has 1 amide bonds. The standard InChI is InChI=1S/C17H26BrN3O2S/c1-17(2,3)21-16(22)23-11-6-4-10(5-7-11)20-13-8-12(13)14-9-19-15(18)24-14/h9-13,20H,4-8H2,1-3H3,(H,21,22). The van der Waals surface area contributed by atoms with Gasteiger partial charge in [0.1, 0.15) is 6.10 Å². The van der Waals surface area contributed by atoms with Crippen LogP contribution in [0.1, 0.15) is 63.7 Å². The molecule has 0 aromatic carbocycles. The molecule has 2 aliphatic carbocycles. The van der Waals surface area contributed by atoms with Crippen LogP contribution < -0.4 is 10.6 Å². The monoisotopic (exact) mass is 415 g/mol. The van der Waals surface area contributed by atoms with Crippen molar-refractivity contribution in [3.63, 3.8) is 0 Å². The average molecular weight is 416 g/mol. The molecule has 1 aromatic heterocycles. The highest BCUT2D eigenvalue weighted by Crippen LogP contribution is 2.44. The number of alkyl carbamates (subject to hydrolysis) is 1. The van der Waals surface area contributed by atoms with E-state index in [0.29, 0.717) is 18.0 Å². The Kier molecular flexibility index (Phi) is 5.52. The van der Waals surface area contributed by atoms with E-state index in [1.807, 2.05) is 27.0 Å². The van der Waals surface area contributed by atoms with Gasteiger partial charge in [-0.3, -0.25) is 0 Å². The van der Waals surface area contributed by atoms with Gasteiger partial charge in [0.05, 0.1) is 0 Å². The van der Waals surface area contributed by atoms with Gasteiger partial charge in [0.15, 0.2) is 3.92 Å². The number of halogens is 1. The number of carbonyl (C=O) groups excluding carboxylic acids is 1. The third kappa shape index (κ3) is 5.17. The van der Waals surface area contributed by atoms with Crippen LogP contribution in [0.3, 0.4) is 0 Å². The normalized spacial score (nSPS) is 30.0. The maximum Gasteiger partial charge on any atom is 0.407 e. The molecule has 0 bridgehead atoms. The number of ether oxygens (including phenoxy) is 1. The summed E-state index contributed by atoms with van der Waals surface area (Å²) in [6.07, 6.45) is 6.98. The first-order valence-corrected chi connectivity index (χ1v) is 10.3. The Labute approximate surface area is 156 Å². The second kappa shape index (κ2) is 7.30. The van der Waals surface area contributed by atoms with Gasteiger partial charge in [-0.1, -0.05) is 0 Å². The first kappa shape index (κ1) is 18.1. The van der Waals surface area contributed by atoms with Gasteiger partial charge < -0.3 is 15.4 Å². The van der Waals surface area contributed by atoms with Gasteiger partial charge in [0.2, 0.25) is 0 Å². The highest BCUT2D eigenvalue weighted by atomic mass is 79.9. The van der Waals surface area contributed by atoms with Crippen molar-refractivity contribution in [2.45, 2.75) is 82.5 Å². The zero-order chi connectivity index (χ0) is 17.3. The molecule has 0 saturated heterocycles. The van der Waals surface area contributed by atoms with Crippen molar-refractivity contribution < 1.29 is 9.53 Å². The van der Waals surface area contributed by atoms with Crippen molar-refractivity contribution in [1.82, 2.24) is 15.6 Å². The van der Waals surface area contributed by atoms with E-state index in [2.05, 4.69) is 31.5 Å². The van der Waals surface area contributed by atoms with Crippen molar-refractivity contribution in [2.75, 3.05) is 0 Å².